The largest absolute Gasteiger partial charge is 0.493 e. The van der Waals surface area contributed by atoms with Gasteiger partial charge in [-0.15, -0.1) is 0 Å². The van der Waals surface area contributed by atoms with Crippen LogP contribution in [0.3, 0.4) is 0 Å². The lowest BCUT2D eigenvalue weighted by molar-refractivity contribution is -0.394. The topological polar surface area (TPSA) is 168 Å². The number of carbonyl (C=O) groups is 3. The standard InChI is InChI=1S/C20H15N3O10S/c1-31-15-5-3-4-11(8-16-19(25)21(20(26)34-16)10-17(24)32-2)18(15)33-14-7-6-12(22(27)28)9-13(14)23(29)30/h3-9H,10H2,1-2H3/b16-8+. The molecule has 13 nitrogen and oxygen atoms in total. The van der Waals surface area contributed by atoms with Crippen molar-refractivity contribution in [2.24, 2.45) is 0 Å². The summed E-state index contributed by atoms with van der Waals surface area (Å²) >= 11 is 0.582. The highest BCUT2D eigenvalue weighted by atomic mass is 32.2. The molecule has 0 spiro atoms. The molecule has 0 saturated carbocycles. The number of hydrogen-bond donors (Lipinski definition) is 0. The summed E-state index contributed by atoms with van der Waals surface area (Å²) in [4.78, 5) is 57.8. The zero-order chi connectivity index (χ0) is 25.0. The monoisotopic (exact) mass is 489 g/mol. The van der Waals surface area contributed by atoms with Crippen molar-refractivity contribution in [3.05, 3.63) is 67.1 Å². The van der Waals surface area contributed by atoms with E-state index in [0.717, 1.165) is 25.3 Å². The number of nitro benzene ring substituents is 2. The van der Waals surface area contributed by atoms with Gasteiger partial charge in [0.2, 0.25) is 5.75 Å². The van der Waals surface area contributed by atoms with Crippen molar-refractivity contribution >= 4 is 46.3 Å². The first-order chi connectivity index (χ1) is 16.2. The van der Waals surface area contributed by atoms with Gasteiger partial charge >= 0.3 is 11.7 Å². The maximum Gasteiger partial charge on any atom is 0.325 e. The van der Waals surface area contributed by atoms with Gasteiger partial charge in [-0.1, -0.05) is 12.1 Å². The molecule has 176 valence electrons. The molecule has 2 amide bonds. The minimum absolute atomic E-state index is 0.0368. The van der Waals surface area contributed by atoms with Crippen LogP contribution in [-0.4, -0.2) is 52.6 Å². The van der Waals surface area contributed by atoms with Crippen molar-refractivity contribution in [3.63, 3.8) is 0 Å². The number of esters is 1. The maximum absolute atomic E-state index is 12.6. The first-order valence-corrected chi connectivity index (χ1v) is 10.1. The Morgan fingerprint density at radius 2 is 1.82 bits per heavy atom. The molecule has 1 aliphatic rings. The van der Waals surface area contributed by atoms with E-state index in [2.05, 4.69) is 4.74 Å². The number of para-hydroxylation sites is 1. The summed E-state index contributed by atoms with van der Waals surface area (Å²) in [5, 5.41) is 21.8. The van der Waals surface area contributed by atoms with Crippen LogP contribution in [0.25, 0.3) is 6.08 Å². The molecule has 1 heterocycles. The van der Waals surface area contributed by atoms with Crippen LogP contribution in [0.15, 0.2) is 41.3 Å². The Morgan fingerprint density at radius 1 is 1.09 bits per heavy atom. The number of amides is 2. The van der Waals surface area contributed by atoms with Crippen LogP contribution in [0.2, 0.25) is 0 Å². The van der Waals surface area contributed by atoms with E-state index in [9.17, 15) is 34.6 Å². The van der Waals surface area contributed by atoms with Crippen LogP contribution < -0.4 is 9.47 Å². The molecular weight excluding hydrogens is 474 g/mol. The summed E-state index contributed by atoms with van der Waals surface area (Å²) in [6.45, 7) is -0.561. The number of benzene rings is 2. The van der Waals surface area contributed by atoms with Gasteiger partial charge in [0.15, 0.2) is 11.5 Å². The molecule has 34 heavy (non-hydrogen) atoms. The molecule has 0 N–H and O–H groups in total. The third-order valence-electron chi connectivity index (χ3n) is 4.47. The third kappa shape index (κ3) is 4.96. The molecule has 0 atom stereocenters. The Balaban J connectivity index is 2.03. The Bertz CT molecular complexity index is 1240. The minimum Gasteiger partial charge on any atom is -0.493 e. The molecule has 0 aromatic heterocycles. The van der Waals surface area contributed by atoms with Crippen molar-refractivity contribution in [1.29, 1.82) is 0 Å². The molecule has 14 heteroatoms. The van der Waals surface area contributed by atoms with Gasteiger partial charge in [-0.3, -0.25) is 39.5 Å². The molecule has 0 aliphatic carbocycles. The highest BCUT2D eigenvalue weighted by Gasteiger charge is 2.37. The number of rotatable bonds is 8. The molecular formula is C20H15N3O10S. The van der Waals surface area contributed by atoms with Gasteiger partial charge in [0.05, 0.1) is 35.0 Å². The van der Waals surface area contributed by atoms with E-state index >= 15 is 0 Å². The Hall–Kier alpha value is -4.46. The van der Waals surface area contributed by atoms with Gasteiger partial charge in [-0.2, -0.15) is 0 Å². The molecule has 0 bridgehead atoms. The highest BCUT2D eigenvalue weighted by molar-refractivity contribution is 8.18. The fourth-order valence-electron chi connectivity index (χ4n) is 2.85. The molecule has 1 aliphatic heterocycles. The number of nitrogens with zero attached hydrogens (tertiary/aromatic N) is 3. The Kier molecular flexibility index (Phi) is 7.11. The predicted molar refractivity (Wildman–Crippen MR) is 118 cm³/mol. The summed E-state index contributed by atoms with van der Waals surface area (Å²) in [5.41, 5.74) is -0.946. The lowest BCUT2D eigenvalue weighted by atomic mass is 10.1. The lowest BCUT2D eigenvalue weighted by Gasteiger charge is -2.13. The van der Waals surface area contributed by atoms with E-state index in [1.54, 1.807) is 6.07 Å². The van der Waals surface area contributed by atoms with Crippen molar-refractivity contribution in [3.8, 4) is 17.2 Å². The second-order valence-electron chi connectivity index (χ2n) is 6.49. The van der Waals surface area contributed by atoms with Crippen LogP contribution in [0.1, 0.15) is 5.56 Å². The summed E-state index contributed by atoms with van der Waals surface area (Å²) in [6.07, 6.45) is 1.30. The summed E-state index contributed by atoms with van der Waals surface area (Å²) in [6, 6.07) is 7.41. The van der Waals surface area contributed by atoms with Gasteiger partial charge in [0, 0.05) is 11.6 Å². The van der Waals surface area contributed by atoms with E-state index < -0.39 is 44.9 Å². The molecule has 3 rings (SSSR count). The molecule has 0 unspecified atom stereocenters. The lowest BCUT2D eigenvalue weighted by Crippen LogP contribution is -2.34. The average molecular weight is 489 g/mol. The first kappa shape index (κ1) is 24.2. The van der Waals surface area contributed by atoms with Gasteiger partial charge in [0.1, 0.15) is 6.54 Å². The molecule has 1 fully saturated rings. The summed E-state index contributed by atoms with van der Waals surface area (Å²) in [5.74, 6) is -1.74. The fourth-order valence-corrected chi connectivity index (χ4v) is 3.68. The summed E-state index contributed by atoms with van der Waals surface area (Å²) in [7, 11) is 2.44. The van der Waals surface area contributed by atoms with E-state index in [0.29, 0.717) is 16.7 Å². The highest BCUT2D eigenvalue weighted by Crippen LogP contribution is 2.42. The number of imide groups is 1. The quantitative estimate of drug-likeness (QED) is 0.230. The SMILES string of the molecule is COC(=O)CN1C(=O)S/C(=C/c2cccc(OC)c2Oc2ccc([N+](=O)[O-])cc2[N+](=O)[O-])C1=O. The number of hydrogen-bond acceptors (Lipinski definition) is 11. The van der Waals surface area contributed by atoms with Crippen molar-refractivity contribution < 1.29 is 38.4 Å². The number of methoxy groups -OCH3 is 2. The average Bonchev–Trinajstić information content (AvgIpc) is 3.07. The van der Waals surface area contributed by atoms with Crippen molar-refractivity contribution in [2.45, 2.75) is 0 Å². The Morgan fingerprint density at radius 3 is 2.44 bits per heavy atom. The van der Waals surface area contributed by atoms with Gasteiger partial charge < -0.3 is 14.2 Å². The summed E-state index contributed by atoms with van der Waals surface area (Å²) < 4.78 is 15.5. The van der Waals surface area contributed by atoms with Crippen LogP contribution >= 0.6 is 11.8 Å². The number of nitro groups is 2. The number of ether oxygens (including phenoxy) is 3. The fraction of sp³-hybridized carbons (Fsp3) is 0.150. The third-order valence-corrected chi connectivity index (χ3v) is 5.37. The van der Waals surface area contributed by atoms with E-state index in [1.807, 2.05) is 0 Å². The van der Waals surface area contributed by atoms with E-state index in [1.165, 1.54) is 25.3 Å². The first-order valence-electron chi connectivity index (χ1n) is 9.26. The van der Waals surface area contributed by atoms with Gasteiger partial charge in [0.25, 0.3) is 16.8 Å². The minimum atomic E-state index is -0.838. The number of non-ortho nitro benzene ring substituents is 1. The van der Waals surface area contributed by atoms with Crippen LogP contribution in [0.5, 0.6) is 17.2 Å². The second-order valence-corrected chi connectivity index (χ2v) is 7.48. The smallest absolute Gasteiger partial charge is 0.325 e. The van der Waals surface area contributed by atoms with Crippen LogP contribution in [0, 0.1) is 20.2 Å². The molecule has 2 aromatic rings. The van der Waals surface area contributed by atoms with E-state index in [4.69, 9.17) is 9.47 Å². The normalized spacial score (nSPS) is 14.3. The molecule has 1 saturated heterocycles. The van der Waals surface area contributed by atoms with Gasteiger partial charge in [-0.05, 0) is 30.0 Å². The number of carbonyl (C=O) groups excluding carboxylic acids is 3. The second kappa shape index (κ2) is 9.99. The van der Waals surface area contributed by atoms with Crippen LogP contribution in [-0.2, 0) is 14.3 Å². The zero-order valence-corrected chi connectivity index (χ0v) is 18.4. The van der Waals surface area contributed by atoms with Gasteiger partial charge in [-0.25, -0.2) is 0 Å². The van der Waals surface area contributed by atoms with Crippen LogP contribution in [0.4, 0.5) is 16.2 Å². The molecule has 0 radical (unpaired) electrons. The van der Waals surface area contributed by atoms with E-state index in [-0.39, 0.29) is 27.7 Å². The predicted octanol–water partition coefficient (Wildman–Crippen LogP) is 3.51. The zero-order valence-electron chi connectivity index (χ0n) is 17.6. The van der Waals surface area contributed by atoms with Crippen molar-refractivity contribution in [2.75, 3.05) is 20.8 Å². The maximum atomic E-state index is 12.6. The number of thioether (sulfide) groups is 1. The molecule has 2 aromatic carbocycles. The van der Waals surface area contributed by atoms with Crippen molar-refractivity contribution in [1.82, 2.24) is 4.90 Å². The Labute approximate surface area is 195 Å².